The molecule has 1 aromatic heterocycles. The molecule has 1 unspecified atom stereocenters. The number of carbonyl (C=O) groups excluding carboxylic acids is 1. The first-order valence-corrected chi connectivity index (χ1v) is 7.46. The van der Waals surface area contributed by atoms with Crippen molar-refractivity contribution in [1.82, 2.24) is 5.32 Å². The smallest absolute Gasteiger partial charge is 0.311 e. The van der Waals surface area contributed by atoms with Gasteiger partial charge >= 0.3 is 5.97 Å². The number of amides is 1. The van der Waals surface area contributed by atoms with Crippen molar-refractivity contribution in [2.24, 2.45) is 0 Å². The van der Waals surface area contributed by atoms with Crippen LogP contribution in [0, 0.1) is 20.8 Å². The average Bonchev–Trinajstić information content (AvgIpc) is 2.81. The molecule has 0 spiro atoms. The summed E-state index contributed by atoms with van der Waals surface area (Å²) in [5.41, 5.74) is 4.30. The topological polar surface area (TPSA) is 79.5 Å². The Balaban J connectivity index is 2.20. The van der Waals surface area contributed by atoms with Crippen molar-refractivity contribution in [2.45, 2.75) is 40.2 Å². The van der Waals surface area contributed by atoms with Gasteiger partial charge in [0.2, 0.25) is 0 Å². The number of nitrogens with one attached hydrogen (secondary N) is 1. The molecule has 0 saturated carbocycles. The van der Waals surface area contributed by atoms with E-state index in [-0.39, 0.29) is 24.1 Å². The fourth-order valence-corrected chi connectivity index (χ4v) is 2.46. The summed E-state index contributed by atoms with van der Waals surface area (Å²) in [6.07, 6.45) is 1.10. The standard InChI is InChI=1S/C18H21NO4/c1-10-5-6-14(7-11(10)2)13(4)19-18(22)17-12(3)9-23-15(17)8-16(20)21/h5-7,9,13H,8H2,1-4H3,(H,19,22)(H,20,21). The number of benzene rings is 1. The molecule has 2 rings (SSSR count). The zero-order chi connectivity index (χ0) is 17.1. The van der Waals surface area contributed by atoms with Crippen LogP contribution in [0.5, 0.6) is 0 Å². The van der Waals surface area contributed by atoms with Gasteiger partial charge in [0.25, 0.3) is 5.91 Å². The number of carbonyl (C=O) groups is 2. The highest BCUT2D eigenvalue weighted by atomic mass is 16.4. The van der Waals surface area contributed by atoms with Gasteiger partial charge in [0, 0.05) is 5.56 Å². The van der Waals surface area contributed by atoms with E-state index >= 15 is 0 Å². The number of furan rings is 1. The summed E-state index contributed by atoms with van der Waals surface area (Å²) in [5, 5.41) is 11.8. The summed E-state index contributed by atoms with van der Waals surface area (Å²) in [5.74, 6) is -1.17. The number of aryl methyl sites for hydroxylation is 3. The molecule has 122 valence electrons. The minimum Gasteiger partial charge on any atom is -0.481 e. The summed E-state index contributed by atoms with van der Waals surface area (Å²) in [7, 11) is 0. The van der Waals surface area contributed by atoms with Gasteiger partial charge in [0.15, 0.2) is 0 Å². The van der Waals surface area contributed by atoms with Gasteiger partial charge in [-0.25, -0.2) is 0 Å². The van der Waals surface area contributed by atoms with Crippen molar-refractivity contribution in [3.8, 4) is 0 Å². The third kappa shape index (κ3) is 3.80. The molecule has 1 amide bonds. The largest absolute Gasteiger partial charge is 0.481 e. The molecule has 5 heteroatoms. The molecule has 2 N–H and O–H groups in total. The normalized spacial score (nSPS) is 12.0. The molecule has 0 aliphatic rings. The molecule has 0 fully saturated rings. The minimum absolute atomic E-state index is 0.180. The van der Waals surface area contributed by atoms with Crippen LogP contribution in [0.2, 0.25) is 0 Å². The zero-order valence-corrected chi connectivity index (χ0v) is 13.8. The summed E-state index contributed by atoms with van der Waals surface area (Å²) < 4.78 is 5.21. The Kier molecular flexibility index (Phi) is 4.89. The zero-order valence-electron chi connectivity index (χ0n) is 13.8. The summed E-state index contributed by atoms with van der Waals surface area (Å²) in [6.45, 7) is 7.69. The van der Waals surface area contributed by atoms with Gasteiger partial charge in [0.05, 0.1) is 17.9 Å². The first kappa shape index (κ1) is 16.8. The van der Waals surface area contributed by atoms with E-state index < -0.39 is 5.97 Å². The SMILES string of the molecule is Cc1ccc(C(C)NC(=O)c2c(C)coc2CC(=O)O)cc1C. The summed E-state index contributed by atoms with van der Waals surface area (Å²) in [4.78, 5) is 23.4. The molecule has 0 aliphatic carbocycles. The maximum atomic E-state index is 12.5. The fourth-order valence-electron chi connectivity index (χ4n) is 2.46. The molecule has 0 bridgehead atoms. The molecule has 0 aliphatic heterocycles. The summed E-state index contributed by atoms with van der Waals surface area (Å²) in [6, 6.07) is 5.86. The summed E-state index contributed by atoms with van der Waals surface area (Å²) >= 11 is 0. The van der Waals surface area contributed by atoms with Crippen LogP contribution in [0.15, 0.2) is 28.9 Å². The second-order valence-electron chi connectivity index (χ2n) is 5.83. The van der Waals surface area contributed by atoms with Gasteiger partial charge in [0.1, 0.15) is 12.2 Å². The molecule has 1 heterocycles. The molecule has 0 radical (unpaired) electrons. The molecule has 0 saturated heterocycles. The number of hydrogen-bond acceptors (Lipinski definition) is 3. The van der Waals surface area contributed by atoms with Crippen LogP contribution >= 0.6 is 0 Å². The van der Waals surface area contributed by atoms with Crippen molar-refractivity contribution in [1.29, 1.82) is 0 Å². The van der Waals surface area contributed by atoms with Crippen molar-refractivity contribution in [3.05, 3.63) is 58.0 Å². The van der Waals surface area contributed by atoms with Crippen molar-refractivity contribution in [3.63, 3.8) is 0 Å². The lowest BCUT2D eigenvalue weighted by Crippen LogP contribution is -2.28. The van der Waals surface area contributed by atoms with E-state index in [0.717, 1.165) is 11.1 Å². The number of rotatable bonds is 5. The van der Waals surface area contributed by atoms with Crippen LogP contribution in [0.3, 0.4) is 0 Å². The maximum Gasteiger partial charge on any atom is 0.311 e. The predicted molar refractivity (Wildman–Crippen MR) is 86.6 cm³/mol. The van der Waals surface area contributed by atoms with Crippen LogP contribution in [0.25, 0.3) is 0 Å². The van der Waals surface area contributed by atoms with Gasteiger partial charge in [-0.1, -0.05) is 18.2 Å². The highest BCUT2D eigenvalue weighted by molar-refractivity contribution is 5.97. The van der Waals surface area contributed by atoms with E-state index in [2.05, 4.69) is 5.32 Å². The number of carboxylic acids is 1. The fraction of sp³-hybridized carbons (Fsp3) is 0.333. The quantitative estimate of drug-likeness (QED) is 0.887. The molecule has 5 nitrogen and oxygen atoms in total. The van der Waals surface area contributed by atoms with E-state index in [1.807, 2.05) is 39.0 Å². The first-order chi connectivity index (χ1) is 10.8. The van der Waals surface area contributed by atoms with Crippen LogP contribution in [-0.2, 0) is 11.2 Å². The monoisotopic (exact) mass is 315 g/mol. The van der Waals surface area contributed by atoms with E-state index in [4.69, 9.17) is 9.52 Å². The Bertz CT molecular complexity index is 745. The van der Waals surface area contributed by atoms with Gasteiger partial charge in [-0.05, 0) is 44.4 Å². The predicted octanol–water partition coefficient (Wildman–Crippen LogP) is 3.32. The van der Waals surface area contributed by atoms with Crippen molar-refractivity contribution in [2.75, 3.05) is 0 Å². The van der Waals surface area contributed by atoms with Crippen LogP contribution in [-0.4, -0.2) is 17.0 Å². The molecular weight excluding hydrogens is 294 g/mol. The Morgan fingerprint density at radius 2 is 1.87 bits per heavy atom. The van der Waals surface area contributed by atoms with Gasteiger partial charge < -0.3 is 14.8 Å². The second-order valence-corrected chi connectivity index (χ2v) is 5.83. The first-order valence-electron chi connectivity index (χ1n) is 7.46. The molecule has 23 heavy (non-hydrogen) atoms. The third-order valence-corrected chi connectivity index (χ3v) is 3.97. The van der Waals surface area contributed by atoms with Gasteiger partial charge in [-0.3, -0.25) is 9.59 Å². The van der Waals surface area contributed by atoms with Crippen molar-refractivity contribution >= 4 is 11.9 Å². The average molecular weight is 315 g/mol. The highest BCUT2D eigenvalue weighted by Crippen LogP contribution is 2.21. The van der Waals surface area contributed by atoms with E-state index in [1.165, 1.54) is 11.8 Å². The second kappa shape index (κ2) is 6.69. The van der Waals surface area contributed by atoms with Crippen LogP contribution < -0.4 is 5.32 Å². The van der Waals surface area contributed by atoms with E-state index in [9.17, 15) is 9.59 Å². The number of carboxylic acid groups (broad SMARTS) is 1. The van der Waals surface area contributed by atoms with Crippen molar-refractivity contribution < 1.29 is 19.1 Å². The Hall–Kier alpha value is -2.56. The molecule has 1 aromatic carbocycles. The van der Waals surface area contributed by atoms with Gasteiger partial charge in [-0.15, -0.1) is 0 Å². The Morgan fingerprint density at radius 1 is 1.17 bits per heavy atom. The van der Waals surface area contributed by atoms with E-state index in [1.54, 1.807) is 6.92 Å². The number of hydrogen-bond donors (Lipinski definition) is 2. The third-order valence-electron chi connectivity index (χ3n) is 3.97. The van der Waals surface area contributed by atoms with Gasteiger partial charge in [-0.2, -0.15) is 0 Å². The van der Waals surface area contributed by atoms with Crippen LogP contribution in [0.1, 0.15) is 51.3 Å². The Morgan fingerprint density at radius 3 is 2.48 bits per heavy atom. The van der Waals surface area contributed by atoms with E-state index in [0.29, 0.717) is 11.1 Å². The molecule has 2 aromatic rings. The lowest BCUT2D eigenvalue weighted by atomic mass is 10.0. The highest BCUT2D eigenvalue weighted by Gasteiger charge is 2.22. The van der Waals surface area contributed by atoms with Crippen LogP contribution in [0.4, 0.5) is 0 Å². The number of aliphatic carboxylic acids is 1. The maximum absolute atomic E-state index is 12.5. The Labute approximate surface area is 135 Å². The lowest BCUT2D eigenvalue weighted by Gasteiger charge is -2.16. The molecule has 1 atom stereocenters. The minimum atomic E-state index is -1.03. The lowest BCUT2D eigenvalue weighted by molar-refractivity contribution is -0.136. The molecular formula is C18H21NO4.